The summed E-state index contributed by atoms with van der Waals surface area (Å²) in [6.45, 7) is 2.42. The van der Waals surface area contributed by atoms with Crippen LogP contribution in [0.1, 0.15) is 38.9 Å². The number of carbonyl (C=O) groups is 2. The Morgan fingerprint density at radius 1 is 1.40 bits per heavy atom. The number of nitriles is 1. The third kappa shape index (κ3) is 4.27. The van der Waals surface area contributed by atoms with E-state index in [9.17, 15) is 9.59 Å². The highest BCUT2D eigenvalue weighted by Gasteiger charge is 2.27. The molecule has 3 rings (SSSR count). The second kappa shape index (κ2) is 9.65. The van der Waals surface area contributed by atoms with Crippen molar-refractivity contribution < 1.29 is 14.3 Å². The Kier molecular flexibility index (Phi) is 6.97. The van der Waals surface area contributed by atoms with Crippen LogP contribution in [0.2, 0.25) is 0 Å². The SMILES string of the molecule is CCOC(=O)c1c(N)sc(C(=O)NC)c1CSc1nc2ccccc2n1CCC#N. The number of nitrogen functional groups attached to an aromatic ring is 1. The first-order valence-electron chi connectivity index (χ1n) is 9.27. The molecule has 30 heavy (non-hydrogen) atoms. The van der Waals surface area contributed by atoms with Crippen molar-refractivity contribution >= 4 is 51.0 Å². The first-order valence-corrected chi connectivity index (χ1v) is 11.1. The van der Waals surface area contributed by atoms with Crippen LogP contribution in [-0.4, -0.2) is 35.1 Å². The summed E-state index contributed by atoms with van der Waals surface area (Å²) >= 11 is 2.45. The minimum absolute atomic E-state index is 0.208. The third-order valence-electron chi connectivity index (χ3n) is 4.36. The molecule has 10 heteroatoms. The van der Waals surface area contributed by atoms with Crippen molar-refractivity contribution in [1.82, 2.24) is 14.9 Å². The lowest BCUT2D eigenvalue weighted by Gasteiger charge is -2.09. The van der Waals surface area contributed by atoms with E-state index in [0.29, 0.717) is 34.3 Å². The van der Waals surface area contributed by atoms with Gasteiger partial charge in [0.25, 0.3) is 5.91 Å². The number of imidazole rings is 1. The molecule has 1 aromatic carbocycles. The molecule has 3 N–H and O–H groups in total. The number of esters is 1. The zero-order chi connectivity index (χ0) is 21.7. The number of para-hydroxylation sites is 2. The lowest BCUT2D eigenvalue weighted by molar-refractivity contribution is 0.0527. The van der Waals surface area contributed by atoms with Gasteiger partial charge in [0.1, 0.15) is 5.00 Å². The second-order valence-electron chi connectivity index (χ2n) is 6.18. The number of anilines is 1. The molecule has 3 aromatic rings. The van der Waals surface area contributed by atoms with Crippen LogP contribution in [0.15, 0.2) is 29.4 Å². The van der Waals surface area contributed by atoms with E-state index in [1.54, 1.807) is 6.92 Å². The third-order valence-corrected chi connectivity index (χ3v) is 6.42. The minimum Gasteiger partial charge on any atom is -0.462 e. The first-order chi connectivity index (χ1) is 14.5. The lowest BCUT2D eigenvalue weighted by Crippen LogP contribution is -2.18. The highest BCUT2D eigenvalue weighted by molar-refractivity contribution is 7.98. The summed E-state index contributed by atoms with van der Waals surface area (Å²) in [7, 11) is 1.53. The molecule has 0 aliphatic carbocycles. The van der Waals surface area contributed by atoms with Crippen LogP contribution >= 0.6 is 23.1 Å². The number of hydrogen-bond donors (Lipinski definition) is 2. The molecule has 0 atom stereocenters. The van der Waals surface area contributed by atoms with Gasteiger partial charge in [0.2, 0.25) is 0 Å². The van der Waals surface area contributed by atoms with Crippen molar-refractivity contribution in [2.45, 2.75) is 30.8 Å². The molecule has 0 bridgehead atoms. The van der Waals surface area contributed by atoms with E-state index in [1.165, 1.54) is 18.8 Å². The van der Waals surface area contributed by atoms with Gasteiger partial charge in [-0.05, 0) is 19.1 Å². The Hall–Kier alpha value is -3.03. The van der Waals surface area contributed by atoms with Crippen LogP contribution < -0.4 is 11.1 Å². The Bertz CT molecular complexity index is 1130. The van der Waals surface area contributed by atoms with E-state index in [2.05, 4.69) is 16.4 Å². The number of carbonyl (C=O) groups excluding carboxylic acids is 2. The number of benzene rings is 1. The zero-order valence-electron chi connectivity index (χ0n) is 16.6. The van der Waals surface area contributed by atoms with Gasteiger partial charge in [-0.25, -0.2) is 9.78 Å². The van der Waals surface area contributed by atoms with Crippen molar-refractivity contribution in [3.05, 3.63) is 40.3 Å². The van der Waals surface area contributed by atoms with Gasteiger partial charge in [-0.2, -0.15) is 5.26 Å². The fourth-order valence-electron chi connectivity index (χ4n) is 3.02. The molecule has 0 aliphatic heterocycles. The maximum absolute atomic E-state index is 12.5. The molecule has 0 saturated carbocycles. The summed E-state index contributed by atoms with van der Waals surface area (Å²) in [5.41, 5.74) is 8.57. The molecule has 156 valence electrons. The fraction of sp³-hybridized carbons (Fsp3) is 0.300. The maximum Gasteiger partial charge on any atom is 0.341 e. The van der Waals surface area contributed by atoms with E-state index >= 15 is 0 Å². The molecule has 8 nitrogen and oxygen atoms in total. The topological polar surface area (TPSA) is 123 Å². The van der Waals surface area contributed by atoms with Gasteiger partial charge >= 0.3 is 5.97 Å². The average molecular weight is 444 g/mol. The van der Waals surface area contributed by atoms with Gasteiger partial charge < -0.3 is 20.4 Å². The van der Waals surface area contributed by atoms with Gasteiger partial charge in [-0.1, -0.05) is 23.9 Å². The molecule has 2 aromatic heterocycles. The lowest BCUT2D eigenvalue weighted by atomic mass is 10.1. The van der Waals surface area contributed by atoms with Crippen molar-refractivity contribution in [3.8, 4) is 6.07 Å². The van der Waals surface area contributed by atoms with Gasteiger partial charge in [0.15, 0.2) is 5.16 Å². The number of nitrogens with zero attached hydrogens (tertiary/aromatic N) is 3. The highest BCUT2D eigenvalue weighted by Crippen LogP contribution is 2.36. The standard InChI is InChI=1S/C20H21N5O3S2/c1-3-28-19(27)15-12(16(18(26)23-2)30-17(15)22)11-29-20-24-13-7-4-5-8-14(13)25(20)10-6-9-21/h4-5,7-8H,3,6,10-11,22H2,1-2H3,(H,23,26). The number of fused-ring (bicyclic) bond motifs is 1. The number of nitrogens with two attached hydrogens (primary N) is 1. The van der Waals surface area contributed by atoms with Crippen LogP contribution in [0.5, 0.6) is 0 Å². The molecule has 0 unspecified atom stereocenters. The van der Waals surface area contributed by atoms with Crippen LogP contribution in [0.3, 0.4) is 0 Å². The van der Waals surface area contributed by atoms with Gasteiger partial charge in [0.05, 0.1) is 40.6 Å². The molecule has 0 saturated heterocycles. The summed E-state index contributed by atoms with van der Waals surface area (Å²) in [5, 5.41) is 12.6. The van der Waals surface area contributed by atoms with E-state index < -0.39 is 5.97 Å². The number of hydrogen-bond acceptors (Lipinski definition) is 8. The van der Waals surface area contributed by atoms with Crippen molar-refractivity contribution in [2.24, 2.45) is 0 Å². The molecule has 2 heterocycles. The molecule has 1 amide bonds. The zero-order valence-corrected chi connectivity index (χ0v) is 18.2. The fourth-order valence-corrected chi connectivity index (χ4v) is 5.21. The summed E-state index contributed by atoms with van der Waals surface area (Å²) in [6, 6.07) is 9.84. The van der Waals surface area contributed by atoms with E-state index in [0.717, 1.165) is 22.4 Å². The molecule has 0 aliphatic rings. The van der Waals surface area contributed by atoms with E-state index in [4.69, 9.17) is 15.7 Å². The van der Waals surface area contributed by atoms with Crippen LogP contribution in [0.25, 0.3) is 11.0 Å². The largest absolute Gasteiger partial charge is 0.462 e. The second-order valence-corrected chi connectivity index (χ2v) is 8.17. The van der Waals surface area contributed by atoms with Gasteiger partial charge in [-0.3, -0.25) is 4.79 Å². The van der Waals surface area contributed by atoms with Crippen molar-refractivity contribution in [3.63, 3.8) is 0 Å². The number of amides is 1. The van der Waals surface area contributed by atoms with Crippen LogP contribution in [0, 0.1) is 11.3 Å². The minimum atomic E-state index is -0.546. The normalized spacial score (nSPS) is 10.7. The van der Waals surface area contributed by atoms with Crippen molar-refractivity contribution in [1.29, 1.82) is 5.26 Å². The predicted molar refractivity (Wildman–Crippen MR) is 118 cm³/mol. The molecule has 0 spiro atoms. The Morgan fingerprint density at radius 2 is 2.17 bits per heavy atom. The van der Waals surface area contributed by atoms with Crippen LogP contribution in [0.4, 0.5) is 5.00 Å². The van der Waals surface area contributed by atoms with Gasteiger partial charge in [0, 0.05) is 24.9 Å². The van der Waals surface area contributed by atoms with Gasteiger partial charge in [-0.15, -0.1) is 11.3 Å². The summed E-state index contributed by atoms with van der Waals surface area (Å²) < 4.78 is 7.12. The number of thioether (sulfide) groups is 1. The van der Waals surface area contributed by atoms with E-state index in [1.807, 2.05) is 28.8 Å². The average Bonchev–Trinajstić information content (AvgIpc) is 3.27. The number of nitrogens with one attached hydrogen (secondary N) is 1. The van der Waals surface area contributed by atoms with E-state index in [-0.39, 0.29) is 23.1 Å². The molecular weight excluding hydrogens is 422 g/mol. The number of ether oxygens (including phenoxy) is 1. The quantitative estimate of drug-likeness (QED) is 0.404. The summed E-state index contributed by atoms with van der Waals surface area (Å²) in [4.78, 5) is 29.9. The Labute approximate surface area is 182 Å². The highest BCUT2D eigenvalue weighted by atomic mass is 32.2. The van der Waals surface area contributed by atoms with Crippen molar-refractivity contribution in [2.75, 3.05) is 19.4 Å². The van der Waals surface area contributed by atoms with Crippen LogP contribution in [-0.2, 0) is 17.0 Å². The number of thiophene rings is 1. The monoisotopic (exact) mass is 443 g/mol. The number of rotatable bonds is 8. The Morgan fingerprint density at radius 3 is 2.87 bits per heavy atom. The first kappa shape index (κ1) is 21.7. The molecular formula is C20H21N5O3S2. The predicted octanol–water partition coefficient (Wildman–Crippen LogP) is 3.42. The molecule has 0 radical (unpaired) electrons. The summed E-state index contributed by atoms with van der Waals surface area (Å²) in [5.74, 6) is -0.550. The number of aryl methyl sites for hydroxylation is 1. The Balaban J connectivity index is 2.00. The summed E-state index contributed by atoms with van der Waals surface area (Å²) in [6.07, 6.45) is 0.344. The molecule has 0 fully saturated rings. The smallest absolute Gasteiger partial charge is 0.341 e. The maximum atomic E-state index is 12.5. The number of aromatic nitrogens is 2.